The van der Waals surface area contributed by atoms with Crippen molar-refractivity contribution in [3.63, 3.8) is 0 Å². The lowest BCUT2D eigenvalue weighted by molar-refractivity contribution is 0.0903. The number of anilines is 1. The van der Waals surface area contributed by atoms with Gasteiger partial charge in [0.25, 0.3) is 0 Å². The minimum Gasteiger partial charge on any atom is -0.382 e. The first-order valence-corrected chi connectivity index (χ1v) is 11.3. The van der Waals surface area contributed by atoms with Crippen LogP contribution in [-0.4, -0.2) is 24.2 Å². The van der Waals surface area contributed by atoms with Crippen LogP contribution in [0.1, 0.15) is 5.69 Å². The first-order valence-electron chi connectivity index (χ1n) is 6.78. The second kappa shape index (κ2) is 5.87. The van der Waals surface area contributed by atoms with Gasteiger partial charge in [0, 0.05) is 30.7 Å². The highest BCUT2D eigenvalue weighted by molar-refractivity contribution is 9.10. The van der Waals surface area contributed by atoms with Gasteiger partial charge in [0.1, 0.15) is 12.5 Å². The maximum absolute atomic E-state index is 6.04. The number of hydrogen-bond donors (Lipinski definition) is 1. The van der Waals surface area contributed by atoms with E-state index >= 15 is 0 Å². The molecule has 2 heterocycles. The number of nitrogens with zero attached hydrogens (tertiary/aromatic N) is 2. The number of nitrogen functional groups attached to an aromatic ring is 1. The molecule has 2 aromatic rings. The molecule has 0 bridgehead atoms. The number of rotatable bonds is 5. The number of nitrogens with two attached hydrogens (primary N) is 1. The summed E-state index contributed by atoms with van der Waals surface area (Å²) in [4.78, 5) is 4.36. The molecule has 6 heteroatoms. The van der Waals surface area contributed by atoms with Crippen molar-refractivity contribution in [1.29, 1.82) is 0 Å². The minimum absolute atomic E-state index is 0.523. The van der Waals surface area contributed by atoms with Crippen LogP contribution in [0.3, 0.4) is 0 Å². The monoisotopic (exact) mass is 355 g/mol. The number of fused-ring (bicyclic) bond motifs is 1. The zero-order chi connectivity index (χ0) is 14.9. The number of hydrogen-bond acceptors (Lipinski definition) is 3. The smallest absolute Gasteiger partial charge is 0.148 e. The Morgan fingerprint density at radius 1 is 1.40 bits per heavy atom. The Morgan fingerprint density at radius 3 is 2.75 bits per heavy atom. The summed E-state index contributed by atoms with van der Waals surface area (Å²) in [6, 6.07) is 3.22. The van der Waals surface area contributed by atoms with Crippen molar-refractivity contribution in [2.75, 3.05) is 12.3 Å². The largest absolute Gasteiger partial charge is 0.382 e. The van der Waals surface area contributed by atoms with Crippen LogP contribution in [0.15, 0.2) is 16.7 Å². The van der Waals surface area contributed by atoms with Gasteiger partial charge in [0.2, 0.25) is 0 Å². The molecule has 110 valence electrons. The average molecular weight is 356 g/mol. The van der Waals surface area contributed by atoms with Crippen molar-refractivity contribution >= 4 is 40.7 Å². The van der Waals surface area contributed by atoms with Gasteiger partial charge in [0.15, 0.2) is 0 Å². The van der Waals surface area contributed by atoms with Crippen LogP contribution in [0.5, 0.6) is 0 Å². The van der Waals surface area contributed by atoms with Crippen molar-refractivity contribution in [2.45, 2.75) is 39.3 Å². The zero-order valence-corrected chi connectivity index (χ0v) is 15.1. The third kappa shape index (κ3) is 3.42. The van der Waals surface area contributed by atoms with Gasteiger partial charge in [-0.15, -0.1) is 0 Å². The fourth-order valence-electron chi connectivity index (χ4n) is 2.06. The first kappa shape index (κ1) is 15.5. The quantitative estimate of drug-likeness (QED) is 0.651. The summed E-state index contributed by atoms with van der Waals surface area (Å²) in [5.74, 6) is 0.555. The molecule has 0 fully saturated rings. The van der Waals surface area contributed by atoms with Gasteiger partial charge >= 0.3 is 0 Å². The molecule has 0 spiro atoms. The molecule has 0 atom stereocenters. The van der Waals surface area contributed by atoms with Crippen LogP contribution in [0, 0.1) is 6.92 Å². The van der Waals surface area contributed by atoms with E-state index in [1.807, 2.05) is 23.8 Å². The number of aromatic nitrogens is 2. The summed E-state index contributed by atoms with van der Waals surface area (Å²) in [5, 5.41) is 1.09. The summed E-state index contributed by atoms with van der Waals surface area (Å²) < 4.78 is 8.81. The van der Waals surface area contributed by atoms with E-state index in [9.17, 15) is 0 Å². The lowest BCUT2D eigenvalue weighted by Crippen LogP contribution is -2.22. The highest BCUT2D eigenvalue weighted by Crippen LogP contribution is 2.30. The Labute approximate surface area is 129 Å². The molecule has 0 radical (unpaired) electrons. The summed E-state index contributed by atoms with van der Waals surface area (Å²) in [6.45, 7) is 10.3. The number of pyridine rings is 1. The summed E-state index contributed by atoms with van der Waals surface area (Å²) in [5.41, 5.74) is 7.89. The minimum atomic E-state index is -1.04. The van der Waals surface area contributed by atoms with E-state index in [0.29, 0.717) is 12.5 Å². The lowest BCUT2D eigenvalue weighted by Gasteiger charge is -2.16. The van der Waals surface area contributed by atoms with Gasteiger partial charge in [-0.05, 0) is 35.0 Å². The second-order valence-electron chi connectivity index (χ2n) is 6.29. The van der Waals surface area contributed by atoms with E-state index in [2.05, 4.69) is 40.6 Å². The molecule has 0 aromatic carbocycles. The summed E-state index contributed by atoms with van der Waals surface area (Å²) in [6.07, 6.45) is 2.00. The highest BCUT2D eigenvalue weighted by Gasteiger charge is 2.14. The molecule has 2 aromatic heterocycles. The summed E-state index contributed by atoms with van der Waals surface area (Å²) in [7, 11) is -1.04. The molecule has 0 aliphatic heterocycles. The fourth-order valence-corrected chi connectivity index (χ4v) is 3.23. The SMILES string of the molecule is Cc1nc(N)c2c(ccn2COCC[Si](C)(C)C)c1Br. The van der Waals surface area contributed by atoms with Crippen LogP contribution in [0.4, 0.5) is 5.82 Å². The Hall–Kier alpha value is -0.853. The van der Waals surface area contributed by atoms with E-state index in [1.54, 1.807) is 0 Å². The van der Waals surface area contributed by atoms with Crippen LogP contribution >= 0.6 is 15.9 Å². The third-order valence-electron chi connectivity index (χ3n) is 3.28. The second-order valence-corrected chi connectivity index (χ2v) is 12.7. The van der Waals surface area contributed by atoms with E-state index in [4.69, 9.17) is 10.5 Å². The van der Waals surface area contributed by atoms with E-state index < -0.39 is 8.07 Å². The predicted molar refractivity (Wildman–Crippen MR) is 90.7 cm³/mol. The Morgan fingerprint density at radius 2 is 2.10 bits per heavy atom. The summed E-state index contributed by atoms with van der Waals surface area (Å²) >= 11 is 3.57. The predicted octanol–water partition coefficient (Wildman–Crippen LogP) is 4.00. The third-order valence-corrected chi connectivity index (χ3v) is 5.98. The van der Waals surface area contributed by atoms with Crippen molar-refractivity contribution in [3.8, 4) is 0 Å². The molecular formula is C14H22BrN3OSi. The molecule has 2 rings (SSSR count). The number of ether oxygens (including phenoxy) is 1. The normalized spacial score (nSPS) is 12.2. The zero-order valence-electron chi connectivity index (χ0n) is 12.5. The van der Waals surface area contributed by atoms with Gasteiger partial charge in [-0.2, -0.15) is 0 Å². The van der Waals surface area contributed by atoms with Gasteiger partial charge in [-0.3, -0.25) is 0 Å². The molecule has 2 N–H and O–H groups in total. The van der Waals surface area contributed by atoms with Gasteiger partial charge < -0.3 is 15.0 Å². The van der Waals surface area contributed by atoms with E-state index in [0.717, 1.165) is 27.7 Å². The highest BCUT2D eigenvalue weighted by atomic mass is 79.9. The maximum Gasteiger partial charge on any atom is 0.148 e. The van der Waals surface area contributed by atoms with Crippen molar-refractivity contribution in [1.82, 2.24) is 9.55 Å². The molecule has 0 saturated carbocycles. The van der Waals surface area contributed by atoms with Gasteiger partial charge in [0.05, 0.1) is 11.2 Å². The Kier molecular flexibility index (Phi) is 4.56. The van der Waals surface area contributed by atoms with E-state index in [1.165, 1.54) is 6.04 Å². The molecule has 0 saturated heterocycles. The number of aryl methyl sites for hydroxylation is 1. The first-order chi connectivity index (χ1) is 9.29. The number of halogens is 1. The molecular weight excluding hydrogens is 334 g/mol. The Balaban J connectivity index is 2.14. The molecule has 0 aliphatic carbocycles. The van der Waals surface area contributed by atoms with E-state index in [-0.39, 0.29) is 0 Å². The molecule has 20 heavy (non-hydrogen) atoms. The maximum atomic E-state index is 6.04. The molecule has 0 amide bonds. The van der Waals surface area contributed by atoms with Gasteiger partial charge in [-0.1, -0.05) is 19.6 Å². The van der Waals surface area contributed by atoms with Crippen molar-refractivity contribution < 1.29 is 4.74 Å². The molecule has 4 nitrogen and oxygen atoms in total. The van der Waals surface area contributed by atoms with Crippen LogP contribution < -0.4 is 5.73 Å². The van der Waals surface area contributed by atoms with Crippen molar-refractivity contribution in [2.24, 2.45) is 0 Å². The topological polar surface area (TPSA) is 53.1 Å². The van der Waals surface area contributed by atoms with Crippen LogP contribution in [0.25, 0.3) is 10.9 Å². The Bertz CT molecular complexity index is 619. The molecule has 0 aliphatic rings. The molecule has 0 unspecified atom stereocenters. The average Bonchev–Trinajstić information content (AvgIpc) is 2.75. The van der Waals surface area contributed by atoms with Crippen LogP contribution in [0.2, 0.25) is 25.7 Å². The van der Waals surface area contributed by atoms with Crippen LogP contribution in [-0.2, 0) is 11.5 Å². The van der Waals surface area contributed by atoms with Crippen molar-refractivity contribution in [3.05, 3.63) is 22.4 Å². The van der Waals surface area contributed by atoms with Gasteiger partial charge in [-0.25, -0.2) is 4.98 Å². The lowest BCUT2D eigenvalue weighted by atomic mass is 10.2. The standard InChI is InChI=1S/C14H22BrN3OSi/c1-10-12(15)11-5-6-18(13(11)14(16)17-10)9-19-7-8-20(2,3)4/h5-6H,7-9H2,1-4H3,(H2,16,17). The fraction of sp³-hybridized carbons (Fsp3) is 0.500.